The van der Waals surface area contributed by atoms with Crippen LogP contribution in [0.2, 0.25) is 0 Å². The first-order valence-corrected chi connectivity index (χ1v) is 12.8. The van der Waals surface area contributed by atoms with E-state index in [1.807, 2.05) is 17.6 Å². The van der Waals surface area contributed by atoms with Crippen LogP contribution in [0.1, 0.15) is 48.4 Å². The molecule has 1 amide bonds. The van der Waals surface area contributed by atoms with E-state index < -0.39 is 21.9 Å². The summed E-state index contributed by atoms with van der Waals surface area (Å²) in [7, 11) is -2.11. The number of hydrogen-bond donors (Lipinski definition) is 0. The number of carbonyl (C=O) groups excluding carboxylic acids is 2. The SMILES string of the molecule is CCOC(=O)c1ccc2c(c1)sc(=NC(=O)c1ccc(S(=O)(=O)N(C)C(C)C)cc1)n2CC. The number of thiazole rings is 1. The van der Waals surface area contributed by atoms with Crippen LogP contribution in [0.15, 0.2) is 52.4 Å². The average Bonchev–Trinajstić information content (AvgIpc) is 3.14. The van der Waals surface area contributed by atoms with E-state index in [1.165, 1.54) is 47.0 Å². The number of hydrogen-bond acceptors (Lipinski definition) is 6. The second-order valence-electron chi connectivity index (χ2n) is 7.59. The van der Waals surface area contributed by atoms with Crippen LogP contribution in [0.25, 0.3) is 10.2 Å². The van der Waals surface area contributed by atoms with Gasteiger partial charge in [0.15, 0.2) is 4.80 Å². The molecule has 0 radical (unpaired) electrons. The summed E-state index contributed by atoms with van der Waals surface area (Å²) < 4.78 is 34.3. The summed E-state index contributed by atoms with van der Waals surface area (Å²) >= 11 is 1.30. The van der Waals surface area contributed by atoms with Gasteiger partial charge >= 0.3 is 5.97 Å². The van der Waals surface area contributed by atoms with Crippen LogP contribution >= 0.6 is 11.3 Å². The topological polar surface area (TPSA) is 98.0 Å². The van der Waals surface area contributed by atoms with E-state index in [4.69, 9.17) is 4.74 Å². The Hall–Kier alpha value is -2.82. The van der Waals surface area contributed by atoms with Gasteiger partial charge in [-0.1, -0.05) is 11.3 Å². The third kappa shape index (κ3) is 5.07. The lowest BCUT2D eigenvalue weighted by Gasteiger charge is -2.20. The fourth-order valence-corrected chi connectivity index (χ4v) is 5.67. The molecule has 0 saturated heterocycles. The molecule has 0 spiro atoms. The summed E-state index contributed by atoms with van der Waals surface area (Å²) in [6.07, 6.45) is 0. The molecule has 0 atom stereocenters. The molecule has 0 N–H and O–H groups in total. The summed E-state index contributed by atoms with van der Waals surface area (Å²) in [5, 5.41) is 0. The van der Waals surface area contributed by atoms with E-state index in [0.29, 0.717) is 23.5 Å². The number of esters is 1. The Kier molecular flexibility index (Phi) is 7.51. The van der Waals surface area contributed by atoms with Crippen molar-refractivity contribution in [1.82, 2.24) is 8.87 Å². The molecule has 0 fully saturated rings. The summed E-state index contributed by atoms with van der Waals surface area (Å²) in [5.41, 5.74) is 1.59. The van der Waals surface area contributed by atoms with Gasteiger partial charge in [-0.2, -0.15) is 9.30 Å². The molecule has 10 heteroatoms. The quantitative estimate of drug-likeness (QED) is 0.472. The van der Waals surface area contributed by atoms with E-state index in [-0.39, 0.29) is 16.5 Å². The van der Waals surface area contributed by atoms with Crippen molar-refractivity contribution in [3.63, 3.8) is 0 Å². The van der Waals surface area contributed by atoms with Gasteiger partial charge in [-0.05, 0) is 70.2 Å². The van der Waals surface area contributed by atoms with Crippen LogP contribution in [0.4, 0.5) is 0 Å². The minimum Gasteiger partial charge on any atom is -0.462 e. The maximum atomic E-state index is 12.8. The number of carbonyl (C=O) groups is 2. The van der Waals surface area contributed by atoms with Gasteiger partial charge in [-0.3, -0.25) is 4.79 Å². The first kappa shape index (κ1) is 24.8. The highest BCUT2D eigenvalue weighted by atomic mass is 32.2. The highest BCUT2D eigenvalue weighted by Crippen LogP contribution is 2.21. The normalized spacial score (nSPS) is 12.6. The van der Waals surface area contributed by atoms with E-state index in [0.717, 1.165) is 10.2 Å². The summed E-state index contributed by atoms with van der Waals surface area (Å²) in [5.74, 6) is -0.876. The number of nitrogens with zero attached hydrogens (tertiary/aromatic N) is 3. The number of aromatic nitrogens is 1. The predicted molar refractivity (Wildman–Crippen MR) is 128 cm³/mol. The molecule has 8 nitrogen and oxygen atoms in total. The van der Waals surface area contributed by atoms with Crippen LogP contribution in [-0.4, -0.2) is 48.9 Å². The zero-order valence-electron chi connectivity index (χ0n) is 19.2. The number of fused-ring (bicyclic) bond motifs is 1. The minimum atomic E-state index is -3.63. The molecule has 1 heterocycles. The first-order valence-electron chi connectivity index (χ1n) is 10.6. The lowest BCUT2D eigenvalue weighted by molar-refractivity contribution is 0.0526. The molecule has 3 rings (SSSR count). The van der Waals surface area contributed by atoms with Crippen molar-refractivity contribution in [1.29, 1.82) is 0 Å². The molecule has 0 bridgehead atoms. The zero-order chi connectivity index (χ0) is 24.3. The lowest BCUT2D eigenvalue weighted by atomic mass is 10.2. The van der Waals surface area contributed by atoms with E-state index in [2.05, 4.69) is 4.99 Å². The fraction of sp³-hybridized carbons (Fsp3) is 0.348. The van der Waals surface area contributed by atoms with Crippen LogP contribution in [-0.2, 0) is 21.3 Å². The van der Waals surface area contributed by atoms with Gasteiger partial charge in [0.2, 0.25) is 10.0 Å². The van der Waals surface area contributed by atoms with Crippen LogP contribution < -0.4 is 4.80 Å². The third-order valence-corrected chi connectivity index (χ3v) is 8.30. The van der Waals surface area contributed by atoms with Crippen molar-refractivity contribution < 1.29 is 22.7 Å². The average molecular weight is 490 g/mol. The van der Waals surface area contributed by atoms with Gasteiger partial charge in [0.1, 0.15) is 0 Å². The Morgan fingerprint density at radius 3 is 2.30 bits per heavy atom. The second-order valence-corrected chi connectivity index (χ2v) is 10.6. The fourth-order valence-electron chi connectivity index (χ4n) is 3.17. The Labute approximate surface area is 197 Å². The monoisotopic (exact) mass is 489 g/mol. The van der Waals surface area contributed by atoms with Gasteiger partial charge in [0.05, 0.1) is 27.3 Å². The van der Waals surface area contributed by atoms with E-state index in [9.17, 15) is 18.0 Å². The largest absolute Gasteiger partial charge is 0.462 e. The maximum absolute atomic E-state index is 12.8. The highest BCUT2D eigenvalue weighted by Gasteiger charge is 2.23. The number of aryl methyl sites for hydroxylation is 1. The molecule has 0 unspecified atom stereocenters. The van der Waals surface area contributed by atoms with Gasteiger partial charge in [-0.25, -0.2) is 13.2 Å². The molecule has 0 saturated carbocycles. The Bertz CT molecular complexity index is 1350. The van der Waals surface area contributed by atoms with Crippen molar-refractivity contribution in [2.45, 2.75) is 45.2 Å². The predicted octanol–water partition coefficient (Wildman–Crippen LogP) is 3.67. The summed E-state index contributed by atoms with van der Waals surface area (Å²) in [4.78, 5) is 29.7. The Morgan fingerprint density at radius 1 is 1.09 bits per heavy atom. The van der Waals surface area contributed by atoms with Crippen LogP contribution in [0.5, 0.6) is 0 Å². The standard InChI is InChI=1S/C23H27N3O5S2/c1-6-26-19-13-10-17(22(28)31-7-2)14-20(19)32-23(26)24-21(27)16-8-11-18(12-9-16)33(29,30)25(5)15(3)4/h8-15H,6-7H2,1-5H3. The highest BCUT2D eigenvalue weighted by molar-refractivity contribution is 7.89. The van der Waals surface area contributed by atoms with Gasteiger partial charge in [0.25, 0.3) is 5.91 Å². The second kappa shape index (κ2) is 9.98. The number of sulfonamides is 1. The first-order chi connectivity index (χ1) is 15.6. The maximum Gasteiger partial charge on any atom is 0.338 e. The molecular formula is C23H27N3O5S2. The molecule has 33 heavy (non-hydrogen) atoms. The molecule has 0 aliphatic carbocycles. The smallest absolute Gasteiger partial charge is 0.338 e. The van der Waals surface area contributed by atoms with Gasteiger partial charge in [-0.15, -0.1) is 0 Å². The molecule has 176 valence electrons. The van der Waals surface area contributed by atoms with E-state index in [1.54, 1.807) is 32.9 Å². The Balaban J connectivity index is 1.96. The summed E-state index contributed by atoms with van der Waals surface area (Å²) in [6.45, 7) is 8.15. The minimum absolute atomic E-state index is 0.118. The summed E-state index contributed by atoms with van der Waals surface area (Å²) in [6, 6.07) is 10.8. The van der Waals surface area contributed by atoms with Gasteiger partial charge in [0, 0.05) is 25.2 Å². The lowest BCUT2D eigenvalue weighted by Crippen LogP contribution is -2.33. The third-order valence-electron chi connectivity index (χ3n) is 5.21. The van der Waals surface area contributed by atoms with Crippen LogP contribution in [0, 0.1) is 0 Å². The van der Waals surface area contributed by atoms with Crippen molar-refractivity contribution in [3.05, 3.63) is 58.4 Å². The number of benzene rings is 2. The number of rotatable bonds is 7. The van der Waals surface area contributed by atoms with Crippen LogP contribution in [0.3, 0.4) is 0 Å². The van der Waals surface area contributed by atoms with Gasteiger partial charge < -0.3 is 9.30 Å². The van der Waals surface area contributed by atoms with Crippen molar-refractivity contribution in [3.8, 4) is 0 Å². The van der Waals surface area contributed by atoms with Crippen molar-refractivity contribution >= 4 is 43.5 Å². The molecule has 2 aromatic carbocycles. The molecule has 0 aliphatic rings. The molecule has 0 aliphatic heterocycles. The number of ether oxygens (including phenoxy) is 1. The van der Waals surface area contributed by atoms with E-state index >= 15 is 0 Å². The molecular weight excluding hydrogens is 462 g/mol. The van der Waals surface area contributed by atoms with Crippen molar-refractivity contribution in [2.24, 2.45) is 4.99 Å². The van der Waals surface area contributed by atoms with Crippen molar-refractivity contribution in [2.75, 3.05) is 13.7 Å². The zero-order valence-corrected chi connectivity index (χ0v) is 20.9. The number of amides is 1. The Morgan fingerprint density at radius 2 is 1.73 bits per heavy atom. The molecule has 3 aromatic rings. The molecule has 1 aromatic heterocycles.